The van der Waals surface area contributed by atoms with E-state index in [1.54, 1.807) is 24.3 Å². The minimum absolute atomic E-state index is 0.120. The summed E-state index contributed by atoms with van der Waals surface area (Å²) in [6, 6.07) is 1.70. The first kappa shape index (κ1) is 17.5. The van der Waals surface area contributed by atoms with E-state index in [-0.39, 0.29) is 11.7 Å². The summed E-state index contributed by atoms with van der Waals surface area (Å²) >= 11 is 3.25. The molecule has 0 saturated carbocycles. The molecule has 1 amide bonds. The molecule has 6 nitrogen and oxygen atoms in total. The Labute approximate surface area is 159 Å². The smallest absolute Gasteiger partial charge is 0.236 e. The summed E-state index contributed by atoms with van der Waals surface area (Å²) in [5.41, 5.74) is 1.39. The van der Waals surface area contributed by atoms with Crippen molar-refractivity contribution in [3.63, 3.8) is 0 Å². The Morgan fingerprint density at radius 3 is 3.04 bits per heavy atom. The first-order valence-electron chi connectivity index (χ1n) is 8.64. The zero-order valence-corrected chi connectivity index (χ0v) is 16.6. The molecule has 8 heteroatoms. The number of fused-ring (bicyclic) bond motifs is 3. The van der Waals surface area contributed by atoms with Crippen LogP contribution < -0.4 is 5.32 Å². The number of aryl methyl sites for hydroxylation is 3. The average molecular weight is 389 g/mol. The zero-order chi connectivity index (χ0) is 18.3. The van der Waals surface area contributed by atoms with Gasteiger partial charge in [-0.15, -0.1) is 11.3 Å². The number of amides is 1. The maximum atomic E-state index is 12.2. The van der Waals surface area contributed by atoms with Gasteiger partial charge in [0.1, 0.15) is 21.4 Å². The predicted molar refractivity (Wildman–Crippen MR) is 104 cm³/mol. The molecule has 3 aromatic rings. The summed E-state index contributed by atoms with van der Waals surface area (Å²) in [7, 11) is 0. The van der Waals surface area contributed by atoms with Crippen molar-refractivity contribution < 1.29 is 9.32 Å². The van der Waals surface area contributed by atoms with Crippen LogP contribution in [0.1, 0.15) is 35.4 Å². The number of hydrogen-bond acceptors (Lipinski definition) is 7. The number of hydrogen-bond donors (Lipinski definition) is 1. The second-order valence-electron chi connectivity index (χ2n) is 6.77. The van der Waals surface area contributed by atoms with Gasteiger partial charge in [0.2, 0.25) is 5.91 Å². The third-order valence-corrected chi connectivity index (χ3v) is 6.59. The highest BCUT2D eigenvalue weighted by molar-refractivity contribution is 8.00. The molecule has 0 spiro atoms. The van der Waals surface area contributed by atoms with E-state index in [0.29, 0.717) is 11.6 Å². The maximum absolute atomic E-state index is 12.2. The van der Waals surface area contributed by atoms with Crippen LogP contribution >= 0.6 is 23.1 Å². The molecule has 26 heavy (non-hydrogen) atoms. The minimum atomic E-state index is -0.120. The van der Waals surface area contributed by atoms with E-state index >= 15 is 0 Å². The van der Waals surface area contributed by atoms with Crippen molar-refractivity contribution in [1.82, 2.24) is 15.1 Å². The molecule has 3 aromatic heterocycles. The molecule has 1 aliphatic rings. The van der Waals surface area contributed by atoms with E-state index in [2.05, 4.69) is 27.4 Å². The number of thioether (sulfide) groups is 1. The van der Waals surface area contributed by atoms with Gasteiger partial charge >= 0.3 is 0 Å². The van der Waals surface area contributed by atoms with Gasteiger partial charge in [0.15, 0.2) is 5.82 Å². The molecule has 1 N–H and O–H groups in total. The van der Waals surface area contributed by atoms with Crippen molar-refractivity contribution in [2.24, 2.45) is 5.92 Å². The fraction of sp³-hybridized carbons (Fsp3) is 0.444. The Balaban J connectivity index is 1.57. The summed E-state index contributed by atoms with van der Waals surface area (Å²) < 4.78 is 4.97. The first-order valence-corrected chi connectivity index (χ1v) is 10.4. The van der Waals surface area contributed by atoms with Crippen molar-refractivity contribution in [2.45, 2.75) is 45.1 Å². The lowest BCUT2D eigenvalue weighted by Gasteiger charge is -2.18. The van der Waals surface area contributed by atoms with Crippen LogP contribution in [0, 0.1) is 19.8 Å². The molecule has 3 heterocycles. The SMILES string of the molecule is Cc1nc(SCC(=O)Nc2cc(C)on2)c2c3c(sc2n1)CC(C)CC3. The van der Waals surface area contributed by atoms with Crippen LogP contribution in [-0.2, 0) is 17.6 Å². The highest BCUT2D eigenvalue weighted by Crippen LogP contribution is 2.40. The molecule has 4 rings (SSSR count). The molecule has 0 saturated heterocycles. The summed E-state index contributed by atoms with van der Waals surface area (Å²) in [5.74, 6) is 2.74. The fourth-order valence-corrected chi connectivity index (χ4v) is 5.65. The molecule has 136 valence electrons. The van der Waals surface area contributed by atoms with E-state index in [1.807, 2.05) is 6.92 Å². The molecule has 0 aromatic carbocycles. The van der Waals surface area contributed by atoms with Gasteiger partial charge in [-0.3, -0.25) is 4.79 Å². The second-order valence-corrected chi connectivity index (χ2v) is 8.82. The van der Waals surface area contributed by atoms with E-state index in [9.17, 15) is 4.79 Å². The lowest BCUT2D eigenvalue weighted by atomic mass is 9.89. The maximum Gasteiger partial charge on any atom is 0.236 e. The Bertz CT molecular complexity index is 979. The largest absolute Gasteiger partial charge is 0.360 e. The first-order chi connectivity index (χ1) is 12.5. The number of rotatable bonds is 4. The summed E-state index contributed by atoms with van der Waals surface area (Å²) in [6.07, 6.45) is 3.38. The number of thiophene rings is 1. The van der Waals surface area contributed by atoms with Gasteiger partial charge in [-0.2, -0.15) is 0 Å². The fourth-order valence-electron chi connectivity index (χ4n) is 3.25. The molecule has 0 aliphatic heterocycles. The van der Waals surface area contributed by atoms with Crippen molar-refractivity contribution in [3.05, 3.63) is 28.1 Å². The Morgan fingerprint density at radius 2 is 2.27 bits per heavy atom. The Kier molecular flexibility index (Phi) is 4.71. The van der Waals surface area contributed by atoms with Gasteiger partial charge in [0.05, 0.1) is 5.75 Å². The van der Waals surface area contributed by atoms with Crippen molar-refractivity contribution >= 4 is 45.0 Å². The van der Waals surface area contributed by atoms with Crippen molar-refractivity contribution in [1.29, 1.82) is 0 Å². The van der Waals surface area contributed by atoms with Crippen LogP contribution in [0.25, 0.3) is 10.2 Å². The molecule has 1 aliphatic carbocycles. The van der Waals surface area contributed by atoms with Crippen LogP contribution in [0.4, 0.5) is 5.82 Å². The molecule has 0 radical (unpaired) electrons. The Morgan fingerprint density at radius 1 is 1.42 bits per heavy atom. The van der Waals surface area contributed by atoms with Crippen LogP contribution in [-0.4, -0.2) is 26.8 Å². The third-order valence-electron chi connectivity index (χ3n) is 4.47. The second kappa shape index (κ2) is 7.00. The molecule has 1 atom stereocenters. The van der Waals surface area contributed by atoms with Gasteiger partial charge in [0.25, 0.3) is 0 Å². The quantitative estimate of drug-likeness (QED) is 0.534. The van der Waals surface area contributed by atoms with Gasteiger partial charge in [-0.1, -0.05) is 23.8 Å². The number of anilines is 1. The van der Waals surface area contributed by atoms with E-state index in [0.717, 1.165) is 39.8 Å². The monoisotopic (exact) mass is 388 g/mol. The standard InChI is InChI=1S/C18H20N4O2S2/c1-9-4-5-12-13(6-9)26-18-16(12)17(19-11(3)20-18)25-8-15(23)21-14-7-10(2)24-22-14/h7,9H,4-6,8H2,1-3H3,(H,21,22,23). The van der Waals surface area contributed by atoms with Gasteiger partial charge in [0, 0.05) is 16.3 Å². The highest BCUT2D eigenvalue weighted by atomic mass is 32.2. The van der Waals surface area contributed by atoms with Gasteiger partial charge < -0.3 is 9.84 Å². The lowest BCUT2D eigenvalue weighted by molar-refractivity contribution is -0.113. The predicted octanol–water partition coefficient (Wildman–Crippen LogP) is 4.15. The zero-order valence-electron chi connectivity index (χ0n) is 15.0. The van der Waals surface area contributed by atoms with Crippen LogP contribution in [0.15, 0.2) is 15.6 Å². The lowest BCUT2D eigenvalue weighted by Crippen LogP contribution is -2.14. The Hall–Kier alpha value is -1.93. The molecular formula is C18H20N4O2S2. The normalized spacial score (nSPS) is 16.7. The van der Waals surface area contributed by atoms with Crippen molar-refractivity contribution in [2.75, 3.05) is 11.1 Å². The minimum Gasteiger partial charge on any atom is -0.360 e. The summed E-state index contributed by atoms with van der Waals surface area (Å²) in [6.45, 7) is 6.00. The molecule has 0 bridgehead atoms. The van der Waals surface area contributed by atoms with Gasteiger partial charge in [-0.05, 0) is 44.6 Å². The highest BCUT2D eigenvalue weighted by Gasteiger charge is 2.24. The van der Waals surface area contributed by atoms with Gasteiger partial charge in [-0.25, -0.2) is 9.97 Å². The van der Waals surface area contributed by atoms with Crippen LogP contribution in [0.3, 0.4) is 0 Å². The van der Waals surface area contributed by atoms with E-state index in [4.69, 9.17) is 4.52 Å². The van der Waals surface area contributed by atoms with E-state index in [1.165, 1.54) is 28.6 Å². The average Bonchev–Trinajstić information content (AvgIpc) is 3.14. The number of carbonyl (C=O) groups excluding carboxylic acids is 1. The number of nitrogens with one attached hydrogen (secondary N) is 1. The van der Waals surface area contributed by atoms with Crippen molar-refractivity contribution in [3.8, 4) is 0 Å². The molecule has 0 fully saturated rings. The van der Waals surface area contributed by atoms with Crippen LogP contribution in [0.2, 0.25) is 0 Å². The molecule has 1 unspecified atom stereocenters. The topological polar surface area (TPSA) is 80.9 Å². The van der Waals surface area contributed by atoms with E-state index < -0.39 is 0 Å². The third kappa shape index (κ3) is 3.48. The van der Waals surface area contributed by atoms with Crippen LogP contribution in [0.5, 0.6) is 0 Å². The molecular weight excluding hydrogens is 368 g/mol. The summed E-state index contributed by atoms with van der Waals surface area (Å²) in [4.78, 5) is 24.0. The number of carbonyl (C=O) groups is 1. The number of nitrogens with zero attached hydrogens (tertiary/aromatic N) is 3. The number of aromatic nitrogens is 3. The summed E-state index contributed by atoms with van der Waals surface area (Å²) in [5, 5.41) is 8.60.